The summed E-state index contributed by atoms with van der Waals surface area (Å²) in [5, 5.41) is 0. The first kappa shape index (κ1) is 13.1. The van der Waals surface area contributed by atoms with E-state index in [1.54, 1.807) is 36.4 Å². The van der Waals surface area contributed by atoms with Crippen LogP contribution in [0.25, 0.3) is 0 Å². The van der Waals surface area contributed by atoms with Gasteiger partial charge in [-0.2, -0.15) is 0 Å². The molecular weight excluding hydrogens is 244 g/mol. The number of carbonyl (C=O) groups excluding carboxylic acids is 2. The third kappa shape index (κ3) is 3.10. The van der Waals surface area contributed by atoms with Crippen molar-refractivity contribution < 1.29 is 18.7 Å². The van der Waals surface area contributed by atoms with Crippen molar-refractivity contribution in [3.8, 4) is 5.75 Å². The molecule has 0 N–H and O–H groups in total. The zero-order valence-electron chi connectivity index (χ0n) is 10.6. The standard InChI is InChI=1S/C15H14O4/c1-2-18-14-7-4-3-6-11(14)12(16)10-13(17)15-8-5-9-19-15/h3-9H,2,10H2,1H3. The Morgan fingerprint density at radius 1 is 1.11 bits per heavy atom. The summed E-state index contributed by atoms with van der Waals surface area (Å²) in [7, 11) is 0. The van der Waals surface area contributed by atoms with Crippen LogP contribution in [-0.2, 0) is 0 Å². The van der Waals surface area contributed by atoms with Gasteiger partial charge in [-0.3, -0.25) is 9.59 Å². The Balaban J connectivity index is 2.14. The van der Waals surface area contributed by atoms with Gasteiger partial charge < -0.3 is 9.15 Å². The average molecular weight is 258 g/mol. The van der Waals surface area contributed by atoms with Gasteiger partial charge in [-0.25, -0.2) is 0 Å². The third-order valence-corrected chi connectivity index (χ3v) is 2.60. The van der Waals surface area contributed by atoms with Gasteiger partial charge in [0, 0.05) is 0 Å². The molecule has 4 nitrogen and oxygen atoms in total. The van der Waals surface area contributed by atoms with Crippen LogP contribution in [0.1, 0.15) is 34.3 Å². The largest absolute Gasteiger partial charge is 0.493 e. The maximum absolute atomic E-state index is 12.1. The Labute approximate surface area is 111 Å². The van der Waals surface area contributed by atoms with E-state index in [4.69, 9.17) is 9.15 Å². The minimum Gasteiger partial charge on any atom is -0.493 e. The number of para-hydroxylation sites is 1. The Morgan fingerprint density at radius 2 is 1.89 bits per heavy atom. The molecule has 0 spiro atoms. The second kappa shape index (κ2) is 6.00. The van der Waals surface area contributed by atoms with Crippen molar-refractivity contribution in [3.05, 3.63) is 54.0 Å². The highest BCUT2D eigenvalue weighted by atomic mass is 16.5. The molecule has 4 heteroatoms. The van der Waals surface area contributed by atoms with E-state index in [0.29, 0.717) is 17.9 Å². The van der Waals surface area contributed by atoms with Gasteiger partial charge >= 0.3 is 0 Å². The van der Waals surface area contributed by atoms with E-state index >= 15 is 0 Å². The average Bonchev–Trinajstić information content (AvgIpc) is 2.93. The predicted octanol–water partition coefficient (Wildman–Crippen LogP) is 3.13. The van der Waals surface area contributed by atoms with Crippen LogP contribution in [0.2, 0.25) is 0 Å². The Morgan fingerprint density at radius 3 is 2.58 bits per heavy atom. The number of carbonyl (C=O) groups is 2. The van der Waals surface area contributed by atoms with Crippen molar-refractivity contribution in [2.24, 2.45) is 0 Å². The van der Waals surface area contributed by atoms with Crippen LogP contribution in [0.4, 0.5) is 0 Å². The van der Waals surface area contributed by atoms with Gasteiger partial charge in [-0.1, -0.05) is 12.1 Å². The highest BCUT2D eigenvalue weighted by Gasteiger charge is 2.18. The van der Waals surface area contributed by atoms with Crippen LogP contribution in [0.5, 0.6) is 5.75 Å². The molecule has 0 aliphatic rings. The van der Waals surface area contributed by atoms with Crippen LogP contribution in [0.3, 0.4) is 0 Å². The van der Waals surface area contributed by atoms with E-state index < -0.39 is 0 Å². The molecule has 0 saturated carbocycles. The quantitative estimate of drug-likeness (QED) is 0.590. The molecule has 0 saturated heterocycles. The molecule has 0 radical (unpaired) electrons. The number of rotatable bonds is 6. The SMILES string of the molecule is CCOc1ccccc1C(=O)CC(=O)c1ccco1. The zero-order chi connectivity index (χ0) is 13.7. The summed E-state index contributed by atoms with van der Waals surface area (Å²) in [5.74, 6) is 0.0937. The molecule has 1 aromatic carbocycles. The number of hydrogen-bond acceptors (Lipinski definition) is 4. The van der Waals surface area contributed by atoms with E-state index in [1.807, 2.05) is 6.92 Å². The van der Waals surface area contributed by atoms with Crippen molar-refractivity contribution in [1.29, 1.82) is 0 Å². The summed E-state index contributed by atoms with van der Waals surface area (Å²) in [5.41, 5.74) is 0.421. The van der Waals surface area contributed by atoms with E-state index in [2.05, 4.69) is 0 Å². The van der Waals surface area contributed by atoms with Crippen LogP contribution >= 0.6 is 0 Å². The topological polar surface area (TPSA) is 56.5 Å². The molecule has 0 amide bonds. The van der Waals surface area contributed by atoms with Gasteiger partial charge in [-0.15, -0.1) is 0 Å². The Hall–Kier alpha value is -2.36. The van der Waals surface area contributed by atoms with Crippen LogP contribution in [0.15, 0.2) is 47.1 Å². The number of ketones is 2. The summed E-state index contributed by atoms with van der Waals surface area (Å²) in [6, 6.07) is 10.1. The fourth-order valence-electron chi connectivity index (χ4n) is 1.74. The van der Waals surface area contributed by atoms with E-state index in [1.165, 1.54) is 6.26 Å². The third-order valence-electron chi connectivity index (χ3n) is 2.60. The molecule has 98 valence electrons. The van der Waals surface area contributed by atoms with Crippen molar-refractivity contribution >= 4 is 11.6 Å². The van der Waals surface area contributed by atoms with Crippen LogP contribution < -0.4 is 4.74 Å². The fraction of sp³-hybridized carbons (Fsp3) is 0.200. The maximum Gasteiger partial charge on any atom is 0.205 e. The highest BCUT2D eigenvalue weighted by Crippen LogP contribution is 2.20. The second-order valence-electron chi connectivity index (χ2n) is 3.93. The summed E-state index contributed by atoms with van der Waals surface area (Å²) in [4.78, 5) is 23.9. The minimum absolute atomic E-state index is 0.197. The Kier molecular flexibility index (Phi) is 4.13. The maximum atomic E-state index is 12.1. The molecule has 0 fully saturated rings. The number of hydrogen-bond donors (Lipinski definition) is 0. The van der Waals surface area contributed by atoms with Crippen LogP contribution in [-0.4, -0.2) is 18.2 Å². The molecule has 0 bridgehead atoms. The molecule has 1 heterocycles. The minimum atomic E-state index is -0.332. The lowest BCUT2D eigenvalue weighted by Crippen LogP contribution is -2.09. The first-order valence-electron chi connectivity index (χ1n) is 6.04. The molecule has 19 heavy (non-hydrogen) atoms. The van der Waals surface area contributed by atoms with Gasteiger partial charge in [-0.05, 0) is 31.2 Å². The first-order valence-corrected chi connectivity index (χ1v) is 6.04. The van der Waals surface area contributed by atoms with Gasteiger partial charge in [0.2, 0.25) is 5.78 Å². The van der Waals surface area contributed by atoms with Gasteiger partial charge in [0.25, 0.3) is 0 Å². The summed E-state index contributed by atoms with van der Waals surface area (Å²) < 4.78 is 10.4. The van der Waals surface area contributed by atoms with Gasteiger partial charge in [0.15, 0.2) is 11.5 Å². The summed E-state index contributed by atoms with van der Waals surface area (Å²) >= 11 is 0. The summed E-state index contributed by atoms with van der Waals surface area (Å²) in [6.07, 6.45) is 1.18. The number of benzene rings is 1. The first-order chi connectivity index (χ1) is 9.22. The second-order valence-corrected chi connectivity index (χ2v) is 3.93. The number of ether oxygens (including phenoxy) is 1. The smallest absolute Gasteiger partial charge is 0.205 e. The predicted molar refractivity (Wildman–Crippen MR) is 69.6 cm³/mol. The van der Waals surface area contributed by atoms with Crippen molar-refractivity contribution in [3.63, 3.8) is 0 Å². The number of furan rings is 1. The zero-order valence-corrected chi connectivity index (χ0v) is 10.6. The lowest BCUT2D eigenvalue weighted by molar-refractivity contribution is 0.0876. The molecular formula is C15H14O4. The molecule has 0 atom stereocenters. The summed E-state index contributed by atoms with van der Waals surface area (Å²) in [6.45, 7) is 2.31. The van der Waals surface area contributed by atoms with Gasteiger partial charge in [0.05, 0.1) is 24.9 Å². The van der Waals surface area contributed by atoms with E-state index in [-0.39, 0.29) is 23.7 Å². The molecule has 0 unspecified atom stereocenters. The van der Waals surface area contributed by atoms with Crippen LogP contribution in [0, 0.1) is 0 Å². The molecule has 0 aliphatic heterocycles. The molecule has 0 aliphatic carbocycles. The lowest BCUT2D eigenvalue weighted by Gasteiger charge is -2.08. The molecule has 2 aromatic rings. The highest BCUT2D eigenvalue weighted by molar-refractivity contribution is 6.13. The van der Waals surface area contributed by atoms with Gasteiger partial charge in [0.1, 0.15) is 5.75 Å². The number of Topliss-reactive ketones (excluding diaryl/α,β-unsaturated/α-hetero) is 2. The van der Waals surface area contributed by atoms with Crippen molar-refractivity contribution in [2.45, 2.75) is 13.3 Å². The van der Waals surface area contributed by atoms with Crippen molar-refractivity contribution in [1.82, 2.24) is 0 Å². The van der Waals surface area contributed by atoms with Crippen molar-refractivity contribution in [2.75, 3.05) is 6.61 Å². The molecule has 2 rings (SSSR count). The fourth-order valence-corrected chi connectivity index (χ4v) is 1.74. The normalized spacial score (nSPS) is 10.2. The van der Waals surface area contributed by atoms with E-state index in [9.17, 15) is 9.59 Å². The van der Waals surface area contributed by atoms with E-state index in [0.717, 1.165) is 0 Å². The Bertz CT molecular complexity index is 570. The monoisotopic (exact) mass is 258 g/mol. The lowest BCUT2D eigenvalue weighted by atomic mass is 10.0. The molecule has 1 aromatic heterocycles.